The molecule has 1 N–H and O–H groups in total. The minimum Gasteiger partial charge on any atom is -0.321 e. The molecule has 0 fully saturated rings. The summed E-state index contributed by atoms with van der Waals surface area (Å²) in [5, 5.41) is 13.9. The van der Waals surface area contributed by atoms with E-state index in [1.54, 1.807) is 6.07 Å². The van der Waals surface area contributed by atoms with Crippen molar-refractivity contribution in [3.05, 3.63) is 83.7 Å². The van der Waals surface area contributed by atoms with Gasteiger partial charge in [-0.1, -0.05) is 48.5 Å². The van der Waals surface area contributed by atoms with E-state index in [1.807, 2.05) is 42.5 Å². The number of carbonyl (C=O) groups excluding carboxylic acids is 1. The maximum Gasteiger partial charge on any atom is 0.266 e. The lowest BCUT2D eigenvalue weighted by molar-refractivity contribution is -0.112. The van der Waals surface area contributed by atoms with Crippen molar-refractivity contribution in [2.24, 2.45) is 0 Å². The Hall–Kier alpha value is -3.45. The van der Waals surface area contributed by atoms with Crippen LogP contribution in [-0.2, 0) is 4.79 Å². The van der Waals surface area contributed by atoms with Gasteiger partial charge in [-0.2, -0.15) is 5.26 Å². The van der Waals surface area contributed by atoms with Gasteiger partial charge in [0.2, 0.25) is 0 Å². The minimum absolute atomic E-state index is 0.0467. The van der Waals surface area contributed by atoms with Crippen LogP contribution >= 0.6 is 0 Å². The van der Waals surface area contributed by atoms with Crippen LogP contribution in [0.3, 0.4) is 0 Å². The molecule has 4 heteroatoms. The van der Waals surface area contributed by atoms with E-state index in [9.17, 15) is 14.4 Å². The maximum atomic E-state index is 12.9. The number of rotatable bonds is 3. The topological polar surface area (TPSA) is 52.9 Å². The maximum absolute atomic E-state index is 12.9. The van der Waals surface area contributed by atoms with Gasteiger partial charge in [0.05, 0.1) is 0 Å². The summed E-state index contributed by atoms with van der Waals surface area (Å²) in [7, 11) is 0. The molecular formula is C20H13FN2O. The van der Waals surface area contributed by atoms with Crippen LogP contribution in [0.4, 0.5) is 10.1 Å². The highest BCUT2D eigenvalue weighted by atomic mass is 19.1. The number of benzene rings is 3. The molecule has 3 aromatic rings. The lowest BCUT2D eigenvalue weighted by atomic mass is 10.1. The molecule has 0 unspecified atom stereocenters. The molecule has 0 saturated carbocycles. The number of nitrogens with one attached hydrogen (secondary N) is 1. The summed E-state index contributed by atoms with van der Waals surface area (Å²) in [6, 6.07) is 20.7. The average Bonchev–Trinajstić information content (AvgIpc) is 2.61. The van der Waals surface area contributed by atoms with Crippen LogP contribution in [0.25, 0.3) is 16.8 Å². The van der Waals surface area contributed by atoms with Crippen molar-refractivity contribution in [1.82, 2.24) is 0 Å². The van der Waals surface area contributed by atoms with Crippen molar-refractivity contribution in [1.29, 1.82) is 5.26 Å². The normalized spacial score (nSPS) is 11.1. The van der Waals surface area contributed by atoms with Crippen LogP contribution in [0.5, 0.6) is 0 Å². The molecule has 0 saturated heterocycles. The number of hydrogen-bond donors (Lipinski definition) is 1. The zero-order valence-electron chi connectivity index (χ0n) is 12.7. The van der Waals surface area contributed by atoms with Gasteiger partial charge >= 0.3 is 0 Å². The van der Waals surface area contributed by atoms with E-state index in [0.29, 0.717) is 11.3 Å². The number of hydrogen-bond acceptors (Lipinski definition) is 2. The van der Waals surface area contributed by atoms with Gasteiger partial charge < -0.3 is 5.32 Å². The number of anilines is 1. The molecule has 24 heavy (non-hydrogen) atoms. The summed E-state index contributed by atoms with van der Waals surface area (Å²) in [6.45, 7) is 0. The van der Waals surface area contributed by atoms with E-state index in [4.69, 9.17) is 0 Å². The molecular weight excluding hydrogens is 303 g/mol. The van der Waals surface area contributed by atoms with Gasteiger partial charge in [-0.15, -0.1) is 0 Å². The van der Waals surface area contributed by atoms with Crippen molar-refractivity contribution < 1.29 is 9.18 Å². The quantitative estimate of drug-likeness (QED) is 0.570. The third kappa shape index (κ3) is 3.31. The van der Waals surface area contributed by atoms with Gasteiger partial charge in [-0.3, -0.25) is 4.79 Å². The summed E-state index contributed by atoms with van der Waals surface area (Å²) in [4.78, 5) is 12.4. The van der Waals surface area contributed by atoms with Crippen molar-refractivity contribution in [2.45, 2.75) is 0 Å². The van der Waals surface area contributed by atoms with Gasteiger partial charge in [-0.25, -0.2) is 4.39 Å². The summed E-state index contributed by atoms with van der Waals surface area (Å²) in [5.74, 6) is -0.871. The highest BCUT2D eigenvalue weighted by Crippen LogP contribution is 2.23. The summed E-state index contributed by atoms with van der Waals surface area (Å²) < 4.78 is 12.9. The molecule has 0 aliphatic heterocycles. The first kappa shape index (κ1) is 15.4. The monoisotopic (exact) mass is 316 g/mol. The van der Waals surface area contributed by atoms with Gasteiger partial charge in [0.25, 0.3) is 5.91 Å². The van der Waals surface area contributed by atoms with Crippen LogP contribution in [0.1, 0.15) is 5.56 Å². The lowest BCUT2D eigenvalue weighted by Gasteiger charge is -2.08. The predicted octanol–water partition coefficient (Wildman–Crippen LogP) is 4.52. The second kappa shape index (κ2) is 6.76. The first-order chi connectivity index (χ1) is 11.7. The molecule has 0 radical (unpaired) electrons. The zero-order valence-corrected chi connectivity index (χ0v) is 12.7. The van der Waals surface area contributed by atoms with E-state index in [-0.39, 0.29) is 11.4 Å². The fraction of sp³-hybridized carbons (Fsp3) is 0. The van der Waals surface area contributed by atoms with Gasteiger partial charge in [0.15, 0.2) is 0 Å². The molecule has 116 valence electrons. The van der Waals surface area contributed by atoms with Crippen LogP contribution in [0.15, 0.2) is 72.3 Å². The van der Waals surface area contributed by atoms with Crippen LogP contribution in [0, 0.1) is 17.1 Å². The van der Waals surface area contributed by atoms with Crippen molar-refractivity contribution in [3.8, 4) is 6.07 Å². The Morgan fingerprint density at radius 1 is 1.00 bits per heavy atom. The lowest BCUT2D eigenvalue weighted by Crippen LogP contribution is -2.13. The number of halogens is 1. The third-order valence-corrected chi connectivity index (χ3v) is 3.58. The Bertz CT molecular complexity index is 964. The van der Waals surface area contributed by atoms with Crippen molar-refractivity contribution in [2.75, 3.05) is 5.32 Å². The molecule has 3 aromatic carbocycles. The number of nitriles is 1. The Kier molecular flexibility index (Phi) is 4.35. The van der Waals surface area contributed by atoms with Crippen LogP contribution in [0.2, 0.25) is 0 Å². The van der Waals surface area contributed by atoms with E-state index in [0.717, 1.165) is 10.8 Å². The number of nitrogens with zero attached hydrogens (tertiary/aromatic N) is 1. The highest BCUT2D eigenvalue weighted by Gasteiger charge is 2.11. The summed E-state index contributed by atoms with van der Waals surface area (Å²) >= 11 is 0. The van der Waals surface area contributed by atoms with E-state index >= 15 is 0 Å². The fourth-order valence-corrected chi connectivity index (χ4v) is 2.40. The average molecular weight is 316 g/mol. The summed E-state index contributed by atoms with van der Waals surface area (Å²) in [5.41, 5.74) is 1.17. The van der Waals surface area contributed by atoms with E-state index < -0.39 is 5.91 Å². The zero-order chi connectivity index (χ0) is 16.9. The molecule has 0 aliphatic rings. The second-order valence-corrected chi connectivity index (χ2v) is 5.20. The predicted molar refractivity (Wildman–Crippen MR) is 92.6 cm³/mol. The number of fused-ring (bicyclic) bond motifs is 1. The number of amides is 1. The minimum atomic E-state index is -0.502. The molecule has 0 aliphatic carbocycles. The summed E-state index contributed by atoms with van der Waals surface area (Å²) in [6.07, 6.45) is 1.43. The van der Waals surface area contributed by atoms with Gasteiger partial charge in [0, 0.05) is 11.1 Å². The van der Waals surface area contributed by atoms with E-state index in [2.05, 4.69) is 5.32 Å². The standard InChI is InChI=1S/C20H13FN2O/c21-17-10-8-14(9-11-17)12-16(13-22)20(24)23-19-7-3-5-15-4-1-2-6-18(15)19/h1-12H,(H,23,24)/b16-12+. The Morgan fingerprint density at radius 3 is 2.46 bits per heavy atom. The Balaban J connectivity index is 1.89. The van der Waals surface area contributed by atoms with Crippen LogP contribution < -0.4 is 5.32 Å². The second-order valence-electron chi connectivity index (χ2n) is 5.20. The van der Waals surface area contributed by atoms with Gasteiger partial charge in [-0.05, 0) is 35.2 Å². The van der Waals surface area contributed by atoms with Crippen molar-refractivity contribution >= 4 is 28.4 Å². The molecule has 0 aromatic heterocycles. The third-order valence-electron chi connectivity index (χ3n) is 3.58. The first-order valence-electron chi connectivity index (χ1n) is 7.34. The molecule has 0 spiro atoms. The van der Waals surface area contributed by atoms with Gasteiger partial charge in [0.1, 0.15) is 17.5 Å². The molecule has 1 amide bonds. The largest absolute Gasteiger partial charge is 0.321 e. The highest BCUT2D eigenvalue weighted by molar-refractivity contribution is 6.12. The molecule has 3 nitrogen and oxygen atoms in total. The van der Waals surface area contributed by atoms with Crippen molar-refractivity contribution in [3.63, 3.8) is 0 Å². The van der Waals surface area contributed by atoms with Crippen LogP contribution in [-0.4, -0.2) is 5.91 Å². The Morgan fingerprint density at radius 2 is 1.71 bits per heavy atom. The first-order valence-corrected chi connectivity index (χ1v) is 7.34. The van der Waals surface area contributed by atoms with E-state index in [1.165, 1.54) is 30.3 Å². The number of carbonyl (C=O) groups is 1. The molecule has 0 heterocycles. The molecule has 3 rings (SSSR count). The molecule has 0 atom stereocenters. The molecule has 0 bridgehead atoms. The smallest absolute Gasteiger partial charge is 0.266 e. The fourth-order valence-electron chi connectivity index (χ4n) is 2.40. The Labute approximate surface area is 138 Å². The SMILES string of the molecule is N#C/C(=C\c1ccc(F)cc1)C(=O)Nc1cccc2ccccc12.